The number of carbonyl (C=O) groups excluding carboxylic acids is 3. The van der Waals surface area contributed by atoms with Crippen molar-refractivity contribution in [2.45, 2.75) is 6.42 Å². The molecule has 9 heteroatoms. The number of benzene rings is 2. The average molecular weight is 467 g/mol. The van der Waals surface area contributed by atoms with E-state index in [4.69, 9.17) is 11.6 Å². The molecule has 3 amide bonds. The first-order chi connectivity index (χ1) is 15.5. The molecule has 0 radical (unpaired) electrons. The second-order valence-electron chi connectivity index (χ2n) is 7.04. The van der Waals surface area contributed by atoms with E-state index in [2.05, 4.69) is 10.4 Å². The Labute approximate surface area is 194 Å². The molecule has 162 valence electrons. The summed E-state index contributed by atoms with van der Waals surface area (Å²) in [4.78, 5) is 38.5. The van der Waals surface area contributed by atoms with Crippen LogP contribution in [0.4, 0.5) is 4.79 Å². The van der Waals surface area contributed by atoms with Crippen molar-refractivity contribution in [3.8, 4) is 5.69 Å². The van der Waals surface area contributed by atoms with Crippen LogP contribution in [0.1, 0.15) is 11.1 Å². The van der Waals surface area contributed by atoms with Crippen LogP contribution in [-0.4, -0.2) is 44.8 Å². The van der Waals surface area contributed by atoms with Crippen molar-refractivity contribution in [2.75, 3.05) is 13.1 Å². The predicted molar refractivity (Wildman–Crippen MR) is 124 cm³/mol. The van der Waals surface area contributed by atoms with Crippen LogP contribution in [-0.2, 0) is 16.0 Å². The standard InChI is InChI=1S/C23H19ClN4O3S/c24-18-8-6-16(7-9-18)12-20-22(30)27(23(31)32-20)11-10-25-21(29)13-17-14-26-28(15-17)19-4-2-1-3-5-19/h1-9,12,14-15H,10-11,13H2,(H,25,29)/b20-12-. The molecule has 7 nitrogen and oxygen atoms in total. The van der Waals surface area contributed by atoms with Crippen LogP contribution in [0.15, 0.2) is 71.9 Å². The Morgan fingerprint density at radius 1 is 1.09 bits per heavy atom. The fourth-order valence-corrected chi connectivity index (χ4v) is 4.12. The third-order valence-electron chi connectivity index (χ3n) is 4.72. The summed E-state index contributed by atoms with van der Waals surface area (Å²) >= 11 is 6.76. The summed E-state index contributed by atoms with van der Waals surface area (Å²) in [5.74, 6) is -0.574. The number of hydrogen-bond acceptors (Lipinski definition) is 5. The highest BCUT2D eigenvalue weighted by Gasteiger charge is 2.34. The quantitative estimate of drug-likeness (QED) is 0.533. The first-order valence-corrected chi connectivity index (χ1v) is 11.1. The van der Waals surface area contributed by atoms with Gasteiger partial charge in [0.1, 0.15) is 0 Å². The van der Waals surface area contributed by atoms with Crippen molar-refractivity contribution in [3.05, 3.63) is 88.0 Å². The zero-order valence-electron chi connectivity index (χ0n) is 16.9. The molecule has 0 aliphatic carbocycles. The van der Waals surface area contributed by atoms with Gasteiger partial charge in [0, 0.05) is 24.3 Å². The largest absolute Gasteiger partial charge is 0.354 e. The van der Waals surface area contributed by atoms with Gasteiger partial charge in [-0.1, -0.05) is 41.9 Å². The molecule has 4 rings (SSSR count). The zero-order valence-corrected chi connectivity index (χ0v) is 18.5. The number of thioether (sulfide) groups is 1. The Hall–Kier alpha value is -3.36. The maximum atomic E-state index is 12.6. The number of imide groups is 1. The molecule has 1 N–H and O–H groups in total. The van der Waals surface area contributed by atoms with Crippen LogP contribution in [0.25, 0.3) is 11.8 Å². The zero-order chi connectivity index (χ0) is 22.5. The molecule has 0 spiro atoms. The summed E-state index contributed by atoms with van der Waals surface area (Å²) in [5.41, 5.74) is 2.46. The van der Waals surface area contributed by atoms with Gasteiger partial charge in [0.2, 0.25) is 5.91 Å². The molecule has 0 atom stereocenters. The Morgan fingerprint density at radius 2 is 1.84 bits per heavy atom. The summed E-state index contributed by atoms with van der Waals surface area (Å²) in [6.45, 7) is 0.287. The minimum atomic E-state index is -0.367. The maximum absolute atomic E-state index is 12.6. The van der Waals surface area contributed by atoms with Crippen molar-refractivity contribution >= 4 is 46.5 Å². The predicted octanol–water partition coefficient (Wildman–Crippen LogP) is 3.92. The fourth-order valence-electron chi connectivity index (χ4n) is 3.13. The molecule has 1 fully saturated rings. The van der Waals surface area contributed by atoms with Crippen molar-refractivity contribution in [3.63, 3.8) is 0 Å². The van der Waals surface area contributed by atoms with E-state index in [9.17, 15) is 14.4 Å². The Balaban J connectivity index is 1.28. The van der Waals surface area contributed by atoms with Gasteiger partial charge in [-0.3, -0.25) is 19.3 Å². The van der Waals surface area contributed by atoms with Crippen molar-refractivity contribution < 1.29 is 14.4 Å². The Bertz CT molecular complexity index is 1180. The van der Waals surface area contributed by atoms with Crippen molar-refractivity contribution in [2.24, 2.45) is 0 Å². The Morgan fingerprint density at radius 3 is 2.59 bits per heavy atom. The number of carbonyl (C=O) groups is 3. The minimum absolute atomic E-state index is 0.109. The van der Waals surface area contributed by atoms with Gasteiger partial charge in [0.15, 0.2) is 0 Å². The number of hydrogen-bond donors (Lipinski definition) is 1. The van der Waals surface area contributed by atoms with Gasteiger partial charge in [0.05, 0.1) is 23.2 Å². The maximum Gasteiger partial charge on any atom is 0.293 e. The summed E-state index contributed by atoms with van der Waals surface area (Å²) in [6.07, 6.45) is 5.26. The van der Waals surface area contributed by atoms with Crippen molar-refractivity contribution in [1.29, 1.82) is 0 Å². The molecule has 2 aromatic carbocycles. The van der Waals surface area contributed by atoms with Gasteiger partial charge in [-0.05, 0) is 53.2 Å². The lowest BCUT2D eigenvalue weighted by molar-refractivity contribution is -0.124. The summed E-state index contributed by atoms with van der Waals surface area (Å²) < 4.78 is 1.70. The topological polar surface area (TPSA) is 84.3 Å². The second kappa shape index (κ2) is 9.84. The lowest BCUT2D eigenvalue weighted by atomic mass is 10.2. The van der Waals surface area contributed by atoms with Gasteiger partial charge in [-0.15, -0.1) is 0 Å². The SMILES string of the molecule is O=C(Cc1cnn(-c2ccccc2)c1)NCCN1C(=O)S/C(=C\c2ccc(Cl)cc2)C1=O. The van der Waals surface area contributed by atoms with E-state index in [-0.39, 0.29) is 36.6 Å². The first kappa shape index (κ1) is 21.9. The number of para-hydroxylation sites is 1. The highest BCUT2D eigenvalue weighted by Crippen LogP contribution is 2.32. The molecule has 0 saturated carbocycles. The van der Waals surface area contributed by atoms with Crippen molar-refractivity contribution in [1.82, 2.24) is 20.0 Å². The van der Waals surface area contributed by atoms with Crippen LogP contribution < -0.4 is 5.32 Å². The molecule has 1 aliphatic heterocycles. The second-order valence-corrected chi connectivity index (χ2v) is 8.47. The molecule has 1 saturated heterocycles. The molecule has 0 unspecified atom stereocenters. The van der Waals surface area contributed by atoms with E-state index in [1.165, 1.54) is 0 Å². The number of aromatic nitrogens is 2. The van der Waals surface area contributed by atoms with E-state index in [1.54, 1.807) is 47.4 Å². The Kier molecular flexibility index (Phi) is 6.72. The first-order valence-electron chi connectivity index (χ1n) is 9.86. The summed E-state index contributed by atoms with van der Waals surface area (Å²) in [6, 6.07) is 16.6. The lowest BCUT2D eigenvalue weighted by Gasteiger charge is -2.12. The fraction of sp³-hybridized carbons (Fsp3) is 0.130. The van der Waals surface area contributed by atoms with Crippen LogP contribution in [0, 0.1) is 0 Å². The van der Waals surface area contributed by atoms with E-state index < -0.39 is 0 Å². The van der Waals surface area contributed by atoms with Gasteiger partial charge in [-0.2, -0.15) is 5.10 Å². The molecular weight excluding hydrogens is 448 g/mol. The third-order valence-corrected chi connectivity index (χ3v) is 5.88. The van der Waals surface area contributed by atoms with Gasteiger partial charge in [0.25, 0.3) is 11.1 Å². The van der Waals surface area contributed by atoms with Crippen LogP contribution in [0.3, 0.4) is 0 Å². The van der Waals surface area contributed by atoms with E-state index in [1.807, 2.05) is 30.3 Å². The van der Waals surface area contributed by atoms with Crippen LogP contribution >= 0.6 is 23.4 Å². The third kappa shape index (κ3) is 5.27. The molecular formula is C23H19ClN4O3S. The smallest absolute Gasteiger partial charge is 0.293 e. The molecule has 2 heterocycles. The highest BCUT2D eigenvalue weighted by atomic mass is 35.5. The van der Waals surface area contributed by atoms with E-state index in [0.717, 1.165) is 33.5 Å². The number of rotatable bonds is 7. The van der Waals surface area contributed by atoms with E-state index in [0.29, 0.717) is 9.93 Å². The monoisotopic (exact) mass is 466 g/mol. The minimum Gasteiger partial charge on any atom is -0.354 e. The molecule has 0 bridgehead atoms. The number of nitrogens with one attached hydrogen (secondary N) is 1. The highest BCUT2D eigenvalue weighted by molar-refractivity contribution is 8.18. The average Bonchev–Trinajstić information content (AvgIpc) is 3.36. The van der Waals surface area contributed by atoms with Gasteiger partial charge >= 0.3 is 0 Å². The van der Waals surface area contributed by atoms with Crippen LogP contribution in [0.5, 0.6) is 0 Å². The summed E-state index contributed by atoms with van der Waals surface area (Å²) in [7, 11) is 0. The molecule has 32 heavy (non-hydrogen) atoms. The molecule has 1 aromatic heterocycles. The van der Waals surface area contributed by atoms with Gasteiger partial charge in [-0.25, -0.2) is 4.68 Å². The lowest BCUT2D eigenvalue weighted by Crippen LogP contribution is -2.37. The number of nitrogens with zero attached hydrogens (tertiary/aromatic N) is 3. The number of amides is 3. The molecule has 1 aliphatic rings. The van der Waals surface area contributed by atoms with E-state index >= 15 is 0 Å². The summed E-state index contributed by atoms with van der Waals surface area (Å²) in [5, 5.41) is 7.27. The van der Waals surface area contributed by atoms with Crippen LogP contribution in [0.2, 0.25) is 5.02 Å². The normalized spacial score (nSPS) is 14.9. The molecule has 3 aromatic rings. The number of halogens is 1. The van der Waals surface area contributed by atoms with Gasteiger partial charge < -0.3 is 5.32 Å².